The summed E-state index contributed by atoms with van der Waals surface area (Å²) in [6.07, 6.45) is 2.14. The fourth-order valence-corrected chi connectivity index (χ4v) is 6.71. The van der Waals surface area contributed by atoms with Gasteiger partial charge in [-0.2, -0.15) is 0 Å². The summed E-state index contributed by atoms with van der Waals surface area (Å²) in [6, 6.07) is 28.1. The Labute approximate surface area is 296 Å². The van der Waals surface area contributed by atoms with E-state index in [1.165, 1.54) is 23.1 Å². The normalized spacial score (nSPS) is 11.8. The Morgan fingerprint density at radius 2 is 1.71 bits per heavy atom. The first-order chi connectivity index (χ1) is 23.2. The van der Waals surface area contributed by atoms with E-state index >= 15 is 0 Å². The van der Waals surface area contributed by atoms with Crippen LogP contribution in [0.4, 0.5) is 10.8 Å². The Balaban J connectivity index is 1.28. The van der Waals surface area contributed by atoms with E-state index in [1.807, 2.05) is 24.4 Å². The predicted molar refractivity (Wildman–Crippen MR) is 196 cm³/mol. The first-order valence-corrected chi connectivity index (χ1v) is 17.3. The number of ether oxygens (including phenoxy) is 1. The van der Waals surface area contributed by atoms with Gasteiger partial charge in [0.1, 0.15) is 11.4 Å². The van der Waals surface area contributed by atoms with E-state index in [0.29, 0.717) is 49.9 Å². The van der Waals surface area contributed by atoms with Gasteiger partial charge in [0.2, 0.25) is 5.91 Å². The van der Waals surface area contributed by atoms with Gasteiger partial charge in [-0.15, -0.1) is 23.1 Å². The van der Waals surface area contributed by atoms with E-state index in [-0.39, 0.29) is 11.6 Å². The second kappa shape index (κ2) is 16.5. The minimum Gasteiger partial charge on any atom is -0.497 e. The molecular formula is C36H30Cl2N4O4S2. The van der Waals surface area contributed by atoms with E-state index in [2.05, 4.69) is 20.9 Å². The summed E-state index contributed by atoms with van der Waals surface area (Å²) in [7, 11) is 1.57. The summed E-state index contributed by atoms with van der Waals surface area (Å²) in [5, 5.41) is 11.4. The van der Waals surface area contributed by atoms with E-state index < -0.39 is 17.1 Å². The summed E-state index contributed by atoms with van der Waals surface area (Å²) in [5.74, 6) is -0.467. The number of nitrogens with one attached hydrogen (secondary N) is 3. The van der Waals surface area contributed by atoms with Gasteiger partial charge in [0.15, 0.2) is 5.13 Å². The minimum atomic E-state index is -0.512. The SMILES string of the molecule is CCC(Sc1cccc(NC(=O)/C(=C\c2ccc(OC)cc2)NC(=O)c2ccccc2)c1)C(=O)Nc1nc(-c2ccc(Cl)cc2Cl)cs1. The Bertz CT molecular complexity index is 1950. The van der Waals surface area contributed by atoms with Crippen molar-refractivity contribution in [2.45, 2.75) is 23.5 Å². The topological polar surface area (TPSA) is 109 Å². The van der Waals surface area contributed by atoms with E-state index in [4.69, 9.17) is 27.9 Å². The number of hydrogen-bond donors (Lipinski definition) is 3. The Morgan fingerprint density at radius 3 is 2.42 bits per heavy atom. The van der Waals surface area contributed by atoms with Crippen LogP contribution in [0.5, 0.6) is 5.75 Å². The zero-order valence-corrected chi connectivity index (χ0v) is 29.0. The molecule has 12 heteroatoms. The molecule has 0 spiro atoms. The van der Waals surface area contributed by atoms with Gasteiger partial charge in [0, 0.05) is 32.1 Å². The van der Waals surface area contributed by atoms with Crippen molar-refractivity contribution in [3.8, 4) is 17.0 Å². The molecule has 0 saturated heterocycles. The van der Waals surface area contributed by atoms with Gasteiger partial charge in [-0.25, -0.2) is 4.98 Å². The first-order valence-electron chi connectivity index (χ1n) is 14.7. The molecule has 0 aliphatic carbocycles. The first kappa shape index (κ1) is 34.7. The standard InChI is InChI=1S/C36H30Cl2N4O4S2/c1-3-32(35(45)42-36-41-31(21-47-36)28-17-14-24(37)19-29(28)38)48-27-11-7-10-25(20-27)39-34(44)30(18-22-12-15-26(46-2)16-13-22)40-33(43)23-8-5-4-6-9-23/h4-21,32H,3H2,1-2H3,(H,39,44)(H,40,43)(H,41,42,45)/b30-18+. The molecule has 1 unspecified atom stereocenters. The lowest BCUT2D eigenvalue weighted by molar-refractivity contribution is -0.116. The molecule has 3 amide bonds. The molecular weight excluding hydrogens is 687 g/mol. The Morgan fingerprint density at radius 1 is 0.938 bits per heavy atom. The van der Waals surface area contributed by atoms with Crippen LogP contribution in [0, 0.1) is 0 Å². The molecule has 8 nitrogen and oxygen atoms in total. The molecule has 1 heterocycles. The van der Waals surface area contributed by atoms with Gasteiger partial charge in [-0.1, -0.05) is 66.5 Å². The molecule has 5 aromatic rings. The lowest BCUT2D eigenvalue weighted by atomic mass is 10.1. The zero-order valence-electron chi connectivity index (χ0n) is 25.8. The van der Waals surface area contributed by atoms with Crippen LogP contribution in [0.15, 0.2) is 113 Å². The largest absolute Gasteiger partial charge is 0.497 e. The van der Waals surface area contributed by atoms with Crippen LogP contribution in [-0.2, 0) is 9.59 Å². The van der Waals surface area contributed by atoms with Crippen molar-refractivity contribution in [2.75, 3.05) is 17.7 Å². The molecule has 244 valence electrons. The molecule has 1 aromatic heterocycles. The van der Waals surface area contributed by atoms with Crippen molar-refractivity contribution in [1.82, 2.24) is 10.3 Å². The molecule has 0 aliphatic heterocycles. The lowest BCUT2D eigenvalue weighted by Crippen LogP contribution is -2.30. The minimum absolute atomic E-state index is 0.0561. The van der Waals surface area contributed by atoms with Crippen LogP contribution in [0.2, 0.25) is 10.0 Å². The van der Waals surface area contributed by atoms with Crippen LogP contribution in [0.3, 0.4) is 0 Å². The highest BCUT2D eigenvalue weighted by atomic mass is 35.5. The zero-order chi connectivity index (χ0) is 34.0. The summed E-state index contributed by atoms with van der Waals surface area (Å²) >= 11 is 15.0. The van der Waals surface area contributed by atoms with Crippen LogP contribution in [0.25, 0.3) is 17.3 Å². The third-order valence-electron chi connectivity index (χ3n) is 6.93. The van der Waals surface area contributed by atoms with Crippen molar-refractivity contribution in [1.29, 1.82) is 0 Å². The number of benzene rings is 4. The van der Waals surface area contributed by atoms with Gasteiger partial charge in [0.05, 0.1) is 23.1 Å². The van der Waals surface area contributed by atoms with E-state index in [0.717, 1.165) is 10.5 Å². The fourth-order valence-electron chi connectivity index (χ4n) is 4.48. The van der Waals surface area contributed by atoms with Gasteiger partial charge in [-0.05, 0) is 78.7 Å². The average Bonchev–Trinajstić information content (AvgIpc) is 3.55. The van der Waals surface area contributed by atoms with Crippen molar-refractivity contribution in [3.63, 3.8) is 0 Å². The van der Waals surface area contributed by atoms with Gasteiger partial charge < -0.3 is 20.7 Å². The summed E-state index contributed by atoms with van der Waals surface area (Å²) < 4.78 is 5.23. The van der Waals surface area contributed by atoms with Gasteiger partial charge in [0.25, 0.3) is 11.8 Å². The molecule has 0 fully saturated rings. The van der Waals surface area contributed by atoms with Crippen LogP contribution >= 0.6 is 46.3 Å². The molecule has 3 N–H and O–H groups in total. The highest BCUT2D eigenvalue weighted by molar-refractivity contribution is 8.00. The Hall–Kier alpha value is -4.61. The molecule has 5 rings (SSSR count). The van der Waals surface area contributed by atoms with Crippen molar-refractivity contribution < 1.29 is 19.1 Å². The van der Waals surface area contributed by atoms with Gasteiger partial charge >= 0.3 is 0 Å². The fraction of sp³-hybridized carbons (Fsp3) is 0.111. The van der Waals surface area contributed by atoms with E-state index in [9.17, 15) is 14.4 Å². The van der Waals surface area contributed by atoms with Crippen molar-refractivity contribution in [2.24, 2.45) is 0 Å². The number of amides is 3. The van der Waals surface area contributed by atoms with Crippen molar-refractivity contribution >= 4 is 80.9 Å². The molecule has 0 radical (unpaired) electrons. The molecule has 4 aromatic carbocycles. The second-order valence-electron chi connectivity index (χ2n) is 10.3. The maximum absolute atomic E-state index is 13.5. The summed E-state index contributed by atoms with van der Waals surface area (Å²) in [6.45, 7) is 1.93. The molecule has 0 bridgehead atoms. The van der Waals surface area contributed by atoms with Crippen LogP contribution in [-0.4, -0.2) is 35.1 Å². The number of thioether (sulfide) groups is 1. The monoisotopic (exact) mass is 716 g/mol. The number of nitrogens with zero attached hydrogens (tertiary/aromatic N) is 1. The number of methoxy groups -OCH3 is 1. The summed E-state index contributed by atoms with van der Waals surface area (Å²) in [4.78, 5) is 45.1. The quantitative estimate of drug-likeness (QED) is 0.0878. The molecule has 48 heavy (non-hydrogen) atoms. The highest BCUT2D eigenvalue weighted by Gasteiger charge is 2.21. The molecule has 0 saturated carbocycles. The number of anilines is 2. The van der Waals surface area contributed by atoms with Crippen molar-refractivity contribution in [3.05, 3.63) is 129 Å². The summed E-state index contributed by atoms with van der Waals surface area (Å²) in [5.41, 5.74) is 3.02. The number of rotatable bonds is 12. The van der Waals surface area contributed by atoms with E-state index in [1.54, 1.807) is 98.1 Å². The maximum Gasteiger partial charge on any atom is 0.272 e. The third-order valence-corrected chi connectivity index (χ3v) is 9.59. The average molecular weight is 718 g/mol. The predicted octanol–water partition coefficient (Wildman–Crippen LogP) is 9.04. The van der Waals surface area contributed by atoms with Gasteiger partial charge in [-0.3, -0.25) is 14.4 Å². The van der Waals surface area contributed by atoms with Crippen LogP contribution < -0.4 is 20.7 Å². The number of hydrogen-bond acceptors (Lipinski definition) is 7. The number of carbonyl (C=O) groups is 3. The maximum atomic E-state index is 13.5. The lowest BCUT2D eigenvalue weighted by Gasteiger charge is -2.15. The third kappa shape index (κ3) is 9.26. The highest BCUT2D eigenvalue weighted by Crippen LogP contribution is 2.33. The molecule has 1 atom stereocenters. The number of halogens is 2. The van der Waals surface area contributed by atoms with Crippen LogP contribution in [0.1, 0.15) is 29.3 Å². The molecule has 0 aliphatic rings. The Kier molecular flexibility index (Phi) is 11.9. The number of thiazole rings is 1. The smallest absolute Gasteiger partial charge is 0.272 e. The number of carbonyl (C=O) groups excluding carboxylic acids is 3. The second-order valence-corrected chi connectivity index (χ2v) is 13.3. The number of aromatic nitrogens is 1.